The minimum Gasteiger partial charge on any atom is -0.339 e. The van der Waals surface area contributed by atoms with E-state index in [-0.39, 0.29) is 5.92 Å². The second-order valence-electron chi connectivity index (χ2n) is 3.59. The SMILES string of the molecule is Cn1nnnc1N1CCCC(C=O)C1. The topological polar surface area (TPSA) is 63.9 Å². The summed E-state index contributed by atoms with van der Waals surface area (Å²) in [4.78, 5) is 12.7. The van der Waals surface area contributed by atoms with Gasteiger partial charge in [-0.3, -0.25) is 0 Å². The molecule has 1 unspecified atom stereocenters. The third-order valence-corrected chi connectivity index (χ3v) is 2.53. The number of aromatic nitrogens is 4. The molecule has 6 nitrogen and oxygen atoms in total. The molecule has 2 heterocycles. The number of aldehydes is 1. The summed E-state index contributed by atoms with van der Waals surface area (Å²) < 4.78 is 1.63. The van der Waals surface area contributed by atoms with Gasteiger partial charge in [0.25, 0.3) is 0 Å². The Hall–Kier alpha value is -1.46. The molecule has 14 heavy (non-hydrogen) atoms. The Morgan fingerprint density at radius 1 is 1.57 bits per heavy atom. The third kappa shape index (κ3) is 1.59. The van der Waals surface area contributed by atoms with Crippen molar-refractivity contribution in [1.82, 2.24) is 20.2 Å². The zero-order chi connectivity index (χ0) is 9.97. The zero-order valence-electron chi connectivity index (χ0n) is 8.13. The van der Waals surface area contributed by atoms with Crippen LogP contribution in [0, 0.1) is 5.92 Å². The molecule has 0 aliphatic carbocycles. The van der Waals surface area contributed by atoms with Crippen LogP contribution in [-0.4, -0.2) is 39.6 Å². The van der Waals surface area contributed by atoms with Crippen molar-refractivity contribution in [2.75, 3.05) is 18.0 Å². The molecule has 0 radical (unpaired) electrons. The third-order valence-electron chi connectivity index (χ3n) is 2.53. The molecule has 76 valence electrons. The van der Waals surface area contributed by atoms with Crippen LogP contribution in [0.4, 0.5) is 5.95 Å². The normalized spacial score (nSPS) is 22.4. The Kier molecular flexibility index (Phi) is 2.43. The van der Waals surface area contributed by atoms with Gasteiger partial charge in [-0.25, -0.2) is 4.68 Å². The fourth-order valence-corrected chi connectivity index (χ4v) is 1.80. The molecule has 0 saturated carbocycles. The molecule has 1 aliphatic heterocycles. The van der Waals surface area contributed by atoms with Gasteiger partial charge >= 0.3 is 0 Å². The molecular weight excluding hydrogens is 182 g/mol. The lowest BCUT2D eigenvalue weighted by Gasteiger charge is -2.29. The molecule has 0 bridgehead atoms. The first-order valence-electron chi connectivity index (χ1n) is 4.74. The largest absolute Gasteiger partial charge is 0.339 e. The number of aryl methyl sites for hydroxylation is 1. The summed E-state index contributed by atoms with van der Waals surface area (Å²) in [5.74, 6) is 0.872. The molecule has 0 spiro atoms. The summed E-state index contributed by atoms with van der Waals surface area (Å²) in [7, 11) is 1.81. The molecule has 1 saturated heterocycles. The summed E-state index contributed by atoms with van der Waals surface area (Å²) >= 11 is 0. The molecular formula is C8H13N5O. The van der Waals surface area contributed by atoms with Gasteiger partial charge in [-0.2, -0.15) is 0 Å². The number of hydrogen-bond acceptors (Lipinski definition) is 5. The Bertz CT molecular complexity index is 323. The quantitative estimate of drug-likeness (QED) is 0.602. The van der Waals surface area contributed by atoms with Crippen molar-refractivity contribution < 1.29 is 4.79 Å². The van der Waals surface area contributed by atoms with Gasteiger partial charge in [-0.05, 0) is 23.3 Å². The first-order chi connectivity index (χ1) is 6.81. The van der Waals surface area contributed by atoms with E-state index in [9.17, 15) is 4.79 Å². The lowest BCUT2D eigenvalue weighted by atomic mass is 10.0. The van der Waals surface area contributed by atoms with Crippen LogP contribution in [0.3, 0.4) is 0 Å². The van der Waals surface area contributed by atoms with Crippen molar-refractivity contribution in [3.05, 3.63) is 0 Å². The maximum atomic E-state index is 10.7. The van der Waals surface area contributed by atoms with Crippen LogP contribution in [0.15, 0.2) is 0 Å². The van der Waals surface area contributed by atoms with Gasteiger partial charge in [0.05, 0.1) is 0 Å². The van der Waals surface area contributed by atoms with E-state index in [1.54, 1.807) is 11.7 Å². The summed E-state index contributed by atoms with van der Waals surface area (Å²) in [5.41, 5.74) is 0. The molecule has 1 aromatic heterocycles. The monoisotopic (exact) mass is 195 g/mol. The zero-order valence-corrected chi connectivity index (χ0v) is 8.13. The van der Waals surface area contributed by atoms with Gasteiger partial charge in [0, 0.05) is 26.1 Å². The molecule has 2 rings (SSSR count). The van der Waals surface area contributed by atoms with E-state index in [0.29, 0.717) is 0 Å². The van der Waals surface area contributed by atoms with Crippen LogP contribution in [0.2, 0.25) is 0 Å². The van der Waals surface area contributed by atoms with Crippen molar-refractivity contribution >= 4 is 12.2 Å². The van der Waals surface area contributed by atoms with E-state index < -0.39 is 0 Å². The average Bonchev–Trinajstić information content (AvgIpc) is 2.65. The minimum atomic E-state index is 0.125. The highest BCUT2D eigenvalue weighted by Crippen LogP contribution is 2.18. The van der Waals surface area contributed by atoms with Gasteiger partial charge < -0.3 is 9.69 Å². The lowest BCUT2D eigenvalue weighted by Crippen LogP contribution is -2.37. The minimum absolute atomic E-state index is 0.125. The van der Waals surface area contributed by atoms with Gasteiger partial charge in [-0.1, -0.05) is 5.10 Å². The standard InChI is InChI=1S/C8H13N5O/c1-12-8(9-10-11-12)13-4-2-3-7(5-13)6-14/h6-7H,2-5H2,1H3. The highest BCUT2D eigenvalue weighted by Gasteiger charge is 2.22. The number of carbonyl (C=O) groups is 1. The van der Waals surface area contributed by atoms with Gasteiger partial charge in [-0.15, -0.1) is 0 Å². The van der Waals surface area contributed by atoms with Crippen molar-refractivity contribution in [2.45, 2.75) is 12.8 Å². The van der Waals surface area contributed by atoms with Crippen LogP contribution in [0.1, 0.15) is 12.8 Å². The predicted molar refractivity (Wildman–Crippen MR) is 49.8 cm³/mol. The number of tetrazole rings is 1. The van der Waals surface area contributed by atoms with E-state index >= 15 is 0 Å². The molecule has 1 atom stereocenters. The highest BCUT2D eigenvalue weighted by atomic mass is 16.1. The first-order valence-corrected chi connectivity index (χ1v) is 4.74. The Morgan fingerprint density at radius 3 is 3.07 bits per heavy atom. The number of piperidine rings is 1. The van der Waals surface area contributed by atoms with Crippen LogP contribution in [-0.2, 0) is 11.8 Å². The first kappa shape index (κ1) is 9.11. The maximum absolute atomic E-state index is 10.7. The van der Waals surface area contributed by atoms with E-state index in [1.807, 2.05) is 0 Å². The van der Waals surface area contributed by atoms with Crippen molar-refractivity contribution in [3.63, 3.8) is 0 Å². The van der Waals surface area contributed by atoms with Gasteiger partial charge in [0.1, 0.15) is 6.29 Å². The van der Waals surface area contributed by atoms with Crippen LogP contribution in [0.5, 0.6) is 0 Å². The molecule has 0 N–H and O–H groups in total. The van der Waals surface area contributed by atoms with E-state index in [1.165, 1.54) is 0 Å². The second kappa shape index (κ2) is 3.73. The fourth-order valence-electron chi connectivity index (χ4n) is 1.80. The average molecular weight is 195 g/mol. The molecule has 0 amide bonds. The van der Waals surface area contributed by atoms with Crippen molar-refractivity contribution in [1.29, 1.82) is 0 Å². The van der Waals surface area contributed by atoms with Crippen LogP contribution < -0.4 is 4.90 Å². The molecule has 1 aliphatic rings. The number of rotatable bonds is 2. The smallest absolute Gasteiger partial charge is 0.245 e. The fraction of sp³-hybridized carbons (Fsp3) is 0.750. The maximum Gasteiger partial charge on any atom is 0.245 e. The summed E-state index contributed by atoms with van der Waals surface area (Å²) in [6, 6.07) is 0. The molecule has 1 aromatic rings. The van der Waals surface area contributed by atoms with E-state index in [4.69, 9.17) is 0 Å². The van der Waals surface area contributed by atoms with Crippen LogP contribution in [0.25, 0.3) is 0 Å². The number of carbonyl (C=O) groups excluding carboxylic acids is 1. The lowest BCUT2D eigenvalue weighted by molar-refractivity contribution is -0.111. The summed E-state index contributed by atoms with van der Waals surface area (Å²) in [5, 5.41) is 11.3. The molecule has 6 heteroatoms. The van der Waals surface area contributed by atoms with Crippen LogP contribution >= 0.6 is 0 Å². The second-order valence-corrected chi connectivity index (χ2v) is 3.59. The van der Waals surface area contributed by atoms with Crippen molar-refractivity contribution in [2.24, 2.45) is 13.0 Å². The Labute approximate surface area is 81.9 Å². The number of nitrogens with zero attached hydrogens (tertiary/aromatic N) is 5. The summed E-state index contributed by atoms with van der Waals surface area (Å²) in [6.45, 7) is 1.66. The Balaban J connectivity index is 2.11. The molecule has 0 aromatic carbocycles. The van der Waals surface area contributed by atoms with Gasteiger partial charge in [0.15, 0.2) is 0 Å². The van der Waals surface area contributed by atoms with Crippen molar-refractivity contribution in [3.8, 4) is 0 Å². The number of hydrogen-bond donors (Lipinski definition) is 0. The van der Waals surface area contributed by atoms with E-state index in [0.717, 1.165) is 38.2 Å². The number of anilines is 1. The summed E-state index contributed by atoms with van der Waals surface area (Å²) in [6.07, 6.45) is 3.03. The van der Waals surface area contributed by atoms with Gasteiger partial charge in [0.2, 0.25) is 5.95 Å². The molecule has 1 fully saturated rings. The van der Waals surface area contributed by atoms with E-state index in [2.05, 4.69) is 20.4 Å². The highest BCUT2D eigenvalue weighted by molar-refractivity contribution is 5.55. The Morgan fingerprint density at radius 2 is 2.43 bits per heavy atom. The predicted octanol–water partition coefficient (Wildman–Crippen LogP) is -0.375.